The summed E-state index contributed by atoms with van der Waals surface area (Å²) in [7, 11) is 1.56. The number of ether oxygens (including phenoxy) is 2. The van der Waals surface area contributed by atoms with Crippen LogP contribution in [0.1, 0.15) is 23.0 Å². The maximum atomic E-state index is 13.1. The van der Waals surface area contributed by atoms with Gasteiger partial charge < -0.3 is 9.47 Å². The van der Waals surface area contributed by atoms with Crippen molar-refractivity contribution in [3.63, 3.8) is 0 Å². The maximum absolute atomic E-state index is 13.1. The van der Waals surface area contributed by atoms with Crippen LogP contribution in [0.5, 0.6) is 5.75 Å². The number of carbonyl (C=O) groups is 1. The van der Waals surface area contributed by atoms with E-state index in [1.54, 1.807) is 38.4 Å². The summed E-state index contributed by atoms with van der Waals surface area (Å²) in [6.45, 7) is 3.90. The monoisotopic (exact) mass is 481 g/mol. The fourth-order valence-corrected chi connectivity index (χ4v) is 3.94. The molecule has 4 rings (SSSR count). The minimum atomic E-state index is -0.565. The van der Waals surface area contributed by atoms with Gasteiger partial charge in [-0.1, -0.05) is 35.3 Å². The highest BCUT2D eigenvalue weighted by Gasteiger charge is 2.29. The Morgan fingerprint density at radius 2 is 1.82 bits per heavy atom. The second-order valence-electron chi connectivity index (χ2n) is 7.18. The summed E-state index contributed by atoms with van der Waals surface area (Å²) in [5.41, 5.74) is 3.42. The van der Waals surface area contributed by atoms with Crippen LogP contribution in [0.3, 0.4) is 0 Å². The summed E-state index contributed by atoms with van der Waals surface area (Å²) >= 11 is 12.7. The van der Waals surface area contributed by atoms with Gasteiger partial charge in [0.1, 0.15) is 11.4 Å². The fourth-order valence-electron chi connectivity index (χ4n) is 3.60. The molecule has 0 N–H and O–H groups in total. The summed E-state index contributed by atoms with van der Waals surface area (Å²) in [6, 6.07) is 16.2. The van der Waals surface area contributed by atoms with Gasteiger partial charge in [0.2, 0.25) is 0 Å². The molecule has 4 aromatic rings. The number of nitrogens with zero attached hydrogens (tertiary/aromatic N) is 3. The molecule has 2 heterocycles. The first-order valence-electron chi connectivity index (χ1n) is 10.3. The number of pyridine rings is 1. The van der Waals surface area contributed by atoms with Crippen LogP contribution in [0, 0.1) is 6.92 Å². The lowest BCUT2D eigenvalue weighted by Gasteiger charge is -2.17. The Labute approximate surface area is 201 Å². The van der Waals surface area contributed by atoms with Crippen molar-refractivity contribution in [2.24, 2.45) is 0 Å². The van der Waals surface area contributed by atoms with E-state index < -0.39 is 5.97 Å². The van der Waals surface area contributed by atoms with Gasteiger partial charge in [0.25, 0.3) is 0 Å². The first-order chi connectivity index (χ1) is 15.9. The molecule has 33 heavy (non-hydrogen) atoms. The lowest BCUT2D eigenvalue weighted by atomic mass is 10.1. The minimum Gasteiger partial charge on any atom is -0.496 e. The lowest BCUT2D eigenvalue weighted by Crippen LogP contribution is -2.09. The van der Waals surface area contributed by atoms with Crippen LogP contribution in [0.15, 0.2) is 60.8 Å². The highest BCUT2D eigenvalue weighted by atomic mass is 35.5. The molecule has 0 saturated carbocycles. The van der Waals surface area contributed by atoms with E-state index in [2.05, 4.69) is 4.98 Å². The third-order valence-electron chi connectivity index (χ3n) is 5.07. The molecular formula is C25H21Cl2N3O3. The Kier molecular flexibility index (Phi) is 6.67. The number of aromatic nitrogens is 3. The third-order valence-corrected chi connectivity index (χ3v) is 5.54. The molecule has 0 atom stereocenters. The average Bonchev–Trinajstić information content (AvgIpc) is 3.21. The molecule has 0 aliphatic rings. The van der Waals surface area contributed by atoms with Gasteiger partial charge in [-0.2, -0.15) is 0 Å². The first-order valence-corrected chi connectivity index (χ1v) is 11.0. The number of carbonyl (C=O) groups excluding carboxylic acids is 1. The van der Waals surface area contributed by atoms with Crippen LogP contribution < -0.4 is 4.74 Å². The van der Waals surface area contributed by atoms with Crippen molar-refractivity contribution in [1.29, 1.82) is 0 Å². The van der Waals surface area contributed by atoms with Crippen LogP contribution in [-0.2, 0) is 4.74 Å². The Bertz CT molecular complexity index is 1320. The van der Waals surface area contributed by atoms with E-state index in [1.807, 2.05) is 47.9 Å². The topological polar surface area (TPSA) is 66.2 Å². The van der Waals surface area contributed by atoms with Crippen LogP contribution in [0.2, 0.25) is 10.0 Å². The Hall–Kier alpha value is -3.35. The largest absolute Gasteiger partial charge is 0.496 e. The minimum absolute atomic E-state index is 0.123. The van der Waals surface area contributed by atoms with Crippen LogP contribution >= 0.6 is 23.2 Å². The van der Waals surface area contributed by atoms with E-state index in [4.69, 9.17) is 37.7 Å². The molecule has 0 saturated heterocycles. The van der Waals surface area contributed by atoms with E-state index in [1.165, 1.54) is 0 Å². The zero-order valence-electron chi connectivity index (χ0n) is 18.3. The number of hydrogen-bond acceptors (Lipinski definition) is 5. The van der Waals surface area contributed by atoms with Gasteiger partial charge in [-0.05, 0) is 61.9 Å². The molecule has 2 aromatic carbocycles. The van der Waals surface area contributed by atoms with Gasteiger partial charge in [0.05, 0.1) is 25.1 Å². The number of esters is 1. The summed E-state index contributed by atoms with van der Waals surface area (Å²) in [6.07, 6.45) is 1.67. The molecule has 0 fully saturated rings. The quantitative estimate of drug-likeness (QED) is 0.298. The molecule has 0 aliphatic heterocycles. The predicted molar refractivity (Wildman–Crippen MR) is 129 cm³/mol. The molecule has 168 valence electrons. The zero-order valence-corrected chi connectivity index (χ0v) is 19.8. The van der Waals surface area contributed by atoms with E-state index >= 15 is 0 Å². The van der Waals surface area contributed by atoms with Crippen LogP contribution in [0.4, 0.5) is 0 Å². The van der Waals surface area contributed by atoms with Crippen molar-refractivity contribution in [2.75, 3.05) is 13.7 Å². The Balaban J connectivity index is 2.17. The van der Waals surface area contributed by atoms with E-state index in [0.717, 1.165) is 11.3 Å². The normalized spacial score (nSPS) is 10.8. The van der Waals surface area contributed by atoms with E-state index in [9.17, 15) is 4.79 Å². The smallest absolute Gasteiger partial charge is 0.359 e. The Morgan fingerprint density at radius 1 is 1.06 bits per heavy atom. The number of benzene rings is 2. The number of methoxy groups -OCH3 is 1. The zero-order chi connectivity index (χ0) is 23.5. The molecule has 0 unspecified atom stereocenters. The van der Waals surface area contributed by atoms with Crippen molar-refractivity contribution in [3.05, 3.63) is 82.1 Å². The van der Waals surface area contributed by atoms with Crippen molar-refractivity contribution in [3.8, 4) is 34.2 Å². The van der Waals surface area contributed by atoms with Gasteiger partial charge in [-0.3, -0.25) is 9.55 Å². The SMILES string of the molecule is CCOC(=O)c1nc(-c2ccccn2)n(-c2cc(Cl)ccc2C)c1-c1cc(Cl)ccc1OC. The second-order valence-corrected chi connectivity index (χ2v) is 8.05. The first kappa shape index (κ1) is 22.8. The molecule has 8 heteroatoms. The molecule has 0 radical (unpaired) electrons. The number of imidazole rings is 1. The average molecular weight is 482 g/mol. The fraction of sp³-hybridized carbons (Fsp3) is 0.160. The van der Waals surface area contributed by atoms with E-state index in [0.29, 0.717) is 38.6 Å². The third kappa shape index (κ3) is 4.45. The Morgan fingerprint density at radius 3 is 2.52 bits per heavy atom. The van der Waals surface area contributed by atoms with Gasteiger partial charge in [0.15, 0.2) is 11.5 Å². The molecule has 0 bridgehead atoms. The second kappa shape index (κ2) is 9.65. The van der Waals surface area contributed by atoms with Crippen LogP contribution in [0.25, 0.3) is 28.5 Å². The van der Waals surface area contributed by atoms with Gasteiger partial charge >= 0.3 is 5.97 Å². The number of aryl methyl sites for hydroxylation is 1. The van der Waals surface area contributed by atoms with Crippen molar-refractivity contribution in [1.82, 2.24) is 14.5 Å². The van der Waals surface area contributed by atoms with Crippen molar-refractivity contribution < 1.29 is 14.3 Å². The molecule has 6 nitrogen and oxygen atoms in total. The molecule has 2 aromatic heterocycles. The summed E-state index contributed by atoms with van der Waals surface area (Å²) in [5.74, 6) is 0.421. The highest BCUT2D eigenvalue weighted by Crippen LogP contribution is 2.40. The highest BCUT2D eigenvalue weighted by molar-refractivity contribution is 6.31. The van der Waals surface area contributed by atoms with Crippen LogP contribution in [-0.4, -0.2) is 34.2 Å². The number of rotatable bonds is 6. The standard InChI is InChI=1S/C25H21Cl2N3O3/c1-4-33-25(31)22-23(18-13-16(26)10-11-21(18)32-3)30(20-14-17(27)9-8-15(20)2)24(29-22)19-7-5-6-12-28-19/h5-14H,4H2,1-3H3. The molecule has 0 spiro atoms. The van der Waals surface area contributed by atoms with Crippen molar-refractivity contribution in [2.45, 2.75) is 13.8 Å². The summed E-state index contributed by atoms with van der Waals surface area (Å²) < 4.78 is 12.8. The van der Waals surface area contributed by atoms with Gasteiger partial charge in [-0.25, -0.2) is 9.78 Å². The van der Waals surface area contributed by atoms with Gasteiger partial charge in [-0.15, -0.1) is 0 Å². The number of hydrogen-bond donors (Lipinski definition) is 0. The molecule has 0 aliphatic carbocycles. The maximum Gasteiger partial charge on any atom is 0.359 e. The summed E-state index contributed by atoms with van der Waals surface area (Å²) in [4.78, 5) is 22.3. The summed E-state index contributed by atoms with van der Waals surface area (Å²) in [5, 5.41) is 1.02. The molecule has 0 amide bonds. The lowest BCUT2D eigenvalue weighted by molar-refractivity contribution is 0.0521. The number of halogens is 2. The molecular weight excluding hydrogens is 461 g/mol. The van der Waals surface area contributed by atoms with Gasteiger partial charge in [0, 0.05) is 21.8 Å². The van der Waals surface area contributed by atoms with E-state index in [-0.39, 0.29) is 12.3 Å². The predicted octanol–water partition coefficient (Wildman–Crippen LogP) is 6.40. The van der Waals surface area contributed by atoms with Crippen molar-refractivity contribution >= 4 is 29.2 Å².